The topological polar surface area (TPSA) is 107 Å². The monoisotopic (exact) mass is 642 g/mol. The minimum absolute atomic E-state index is 0.0995. The van der Waals surface area contributed by atoms with Gasteiger partial charge in [-0.3, -0.25) is 10.5 Å². The summed E-state index contributed by atoms with van der Waals surface area (Å²) in [7, 11) is 0. The van der Waals surface area contributed by atoms with E-state index in [9.17, 15) is 14.4 Å². The summed E-state index contributed by atoms with van der Waals surface area (Å²) in [5.74, 6) is -0.492. The number of hydrogen-bond donors (Lipinski definition) is 1. The highest BCUT2D eigenvalue weighted by atomic mass is 32.2. The number of carbonyl (C=O) groups is 3. The molecular weight excluding hydrogens is 591 g/mol. The van der Waals surface area contributed by atoms with Gasteiger partial charge in [-0.15, -0.1) is 23.5 Å². The zero-order valence-corrected chi connectivity index (χ0v) is 29.8. The molecule has 0 bridgehead atoms. The Morgan fingerprint density at radius 2 is 1.50 bits per heavy atom. The molecule has 42 heavy (non-hydrogen) atoms. The number of ketones is 1. The van der Waals surface area contributed by atoms with Gasteiger partial charge >= 0.3 is 11.9 Å². The molecule has 0 radical (unpaired) electrons. The van der Waals surface area contributed by atoms with Crippen molar-refractivity contribution in [3.8, 4) is 0 Å². The fraction of sp³-hybridized carbons (Fsp3) is 0.688. The lowest BCUT2D eigenvalue weighted by Gasteiger charge is -2.44. The van der Waals surface area contributed by atoms with Crippen molar-refractivity contribution in [1.82, 2.24) is 0 Å². The van der Waals surface area contributed by atoms with E-state index in [1.165, 1.54) is 36.0 Å². The Balaban J connectivity index is 2.71. The minimum atomic E-state index is -1.15. The summed E-state index contributed by atoms with van der Waals surface area (Å²) in [5, 5.41) is 0. The number of thiocarbonyl (C=S) groups is 1. The van der Waals surface area contributed by atoms with Crippen LogP contribution in [0.5, 0.6) is 0 Å². The summed E-state index contributed by atoms with van der Waals surface area (Å²) in [4.78, 5) is 38.2. The summed E-state index contributed by atoms with van der Waals surface area (Å²) in [6.07, 6.45) is -0.357. The molecule has 0 saturated heterocycles. The van der Waals surface area contributed by atoms with Gasteiger partial charge in [-0.1, -0.05) is 56.4 Å². The minimum Gasteiger partial charge on any atom is -0.453 e. The molecular formula is C32H52NO6S3+. The van der Waals surface area contributed by atoms with Crippen molar-refractivity contribution in [1.29, 1.82) is 0 Å². The first-order valence-corrected chi connectivity index (χ1v) is 16.6. The first kappa shape index (κ1) is 38.7. The van der Waals surface area contributed by atoms with E-state index in [2.05, 4.69) is 45.6 Å². The Morgan fingerprint density at radius 1 is 0.929 bits per heavy atom. The van der Waals surface area contributed by atoms with Gasteiger partial charge < -0.3 is 14.2 Å². The first-order valence-electron chi connectivity index (χ1n) is 14.4. The van der Waals surface area contributed by atoms with E-state index >= 15 is 0 Å². The standard InChI is InChI=1S/C32H51NO6S3/c1-21(2)38-23(4)26(35)39-22(3)25(34)30(7,8)37-17-18-41-28(40)42-31(9,10)32(11,27(33)36)20-29(5,6)19-24-15-13-12-14-16-24/h12-16,21-23H,17-20H2,1-11H3,(H2,33,36)/p+1/t22-,23-,32?/m1/s1. The maximum atomic E-state index is 13.0. The molecule has 1 rings (SSSR count). The number of quaternary nitrogens is 1. The average Bonchev–Trinajstić information content (AvgIpc) is 2.85. The predicted octanol–water partition coefficient (Wildman–Crippen LogP) is 6.06. The summed E-state index contributed by atoms with van der Waals surface area (Å²) in [6, 6.07) is 10.3. The molecule has 1 aromatic rings. The van der Waals surface area contributed by atoms with Gasteiger partial charge in [-0.25, -0.2) is 9.59 Å². The average molecular weight is 643 g/mol. The lowest BCUT2D eigenvalue weighted by molar-refractivity contribution is -0.321. The molecule has 238 valence electrons. The third kappa shape index (κ3) is 12.0. The molecule has 10 heteroatoms. The van der Waals surface area contributed by atoms with Gasteiger partial charge in [0, 0.05) is 10.5 Å². The van der Waals surface area contributed by atoms with E-state index in [4.69, 9.17) is 26.4 Å². The summed E-state index contributed by atoms with van der Waals surface area (Å²) < 4.78 is 16.9. The number of Topliss-reactive ketones (excluding diaryl/α,β-unsaturated/α-hetero) is 1. The van der Waals surface area contributed by atoms with Crippen molar-refractivity contribution in [3.63, 3.8) is 0 Å². The number of esters is 1. The largest absolute Gasteiger partial charge is 0.453 e. The van der Waals surface area contributed by atoms with E-state index < -0.39 is 33.9 Å². The summed E-state index contributed by atoms with van der Waals surface area (Å²) in [5.41, 5.74) is 3.10. The molecule has 0 aromatic heterocycles. The number of carbonyl (C=O) groups excluding carboxylic acids is 3. The van der Waals surface area contributed by atoms with Crippen LogP contribution in [0.15, 0.2) is 30.3 Å². The van der Waals surface area contributed by atoms with E-state index in [-0.39, 0.29) is 29.8 Å². The van der Waals surface area contributed by atoms with Crippen LogP contribution in [-0.2, 0) is 35.0 Å². The maximum absolute atomic E-state index is 13.0. The fourth-order valence-electron chi connectivity index (χ4n) is 4.94. The van der Waals surface area contributed by atoms with Gasteiger partial charge in [0.15, 0.2) is 12.2 Å². The first-order chi connectivity index (χ1) is 19.1. The lowest BCUT2D eigenvalue weighted by Crippen LogP contribution is -2.69. The molecule has 0 aliphatic heterocycles. The van der Waals surface area contributed by atoms with E-state index in [1.54, 1.807) is 20.8 Å². The SMILES string of the molecule is CC(C)O[C@H](C)C(=O)O[C@H](C)C(=O)C(C)(C)OCCSC(=S)SC(C)(C)C(C)(CC(C)(C)Cc1ccccc1)C([NH3+])=O. The second kappa shape index (κ2) is 16.1. The smallest absolute Gasteiger partial charge is 0.335 e. The van der Waals surface area contributed by atoms with Crippen LogP contribution in [0.25, 0.3) is 0 Å². The van der Waals surface area contributed by atoms with Crippen LogP contribution in [0.2, 0.25) is 0 Å². The predicted molar refractivity (Wildman–Crippen MR) is 178 cm³/mol. The second-order valence-corrected chi connectivity index (χ2v) is 17.0. The molecule has 0 heterocycles. The van der Waals surface area contributed by atoms with Crippen LogP contribution in [-0.4, -0.2) is 62.2 Å². The molecule has 7 nitrogen and oxygen atoms in total. The maximum Gasteiger partial charge on any atom is 0.335 e. The Labute approximate surface area is 267 Å². The molecule has 0 aliphatic rings. The third-order valence-electron chi connectivity index (χ3n) is 7.47. The summed E-state index contributed by atoms with van der Waals surface area (Å²) in [6.45, 7) is 20.9. The van der Waals surface area contributed by atoms with Crippen LogP contribution in [0.1, 0.15) is 88.1 Å². The van der Waals surface area contributed by atoms with E-state index in [0.29, 0.717) is 15.7 Å². The zero-order chi connectivity index (χ0) is 32.5. The van der Waals surface area contributed by atoms with E-state index in [1.807, 2.05) is 39.0 Å². The Hall–Kier alpha value is -1.30. The van der Waals surface area contributed by atoms with Crippen LogP contribution in [0.3, 0.4) is 0 Å². The highest BCUT2D eigenvalue weighted by molar-refractivity contribution is 8.47. The molecule has 0 spiro atoms. The Morgan fingerprint density at radius 3 is 2.02 bits per heavy atom. The molecule has 1 unspecified atom stereocenters. The molecule has 1 aromatic carbocycles. The Kier molecular flexibility index (Phi) is 14.9. The van der Waals surface area contributed by atoms with Gasteiger partial charge in [-0.2, -0.15) is 0 Å². The van der Waals surface area contributed by atoms with Gasteiger partial charge in [0.05, 0.1) is 18.1 Å². The van der Waals surface area contributed by atoms with Crippen molar-refractivity contribution >= 4 is 56.9 Å². The van der Waals surface area contributed by atoms with Crippen molar-refractivity contribution < 1.29 is 34.3 Å². The number of thioether (sulfide) groups is 2. The number of ether oxygens (including phenoxy) is 3. The van der Waals surface area contributed by atoms with Gasteiger partial charge in [-0.05, 0) is 86.1 Å². The van der Waals surface area contributed by atoms with Crippen LogP contribution < -0.4 is 5.73 Å². The number of hydrogen-bond acceptors (Lipinski definition) is 9. The molecule has 1 amide bonds. The van der Waals surface area contributed by atoms with Crippen LogP contribution in [0.4, 0.5) is 0 Å². The van der Waals surface area contributed by atoms with Crippen molar-refractivity contribution in [2.45, 2.75) is 118 Å². The molecule has 0 fully saturated rings. The summed E-state index contributed by atoms with van der Waals surface area (Å²) >= 11 is 8.67. The van der Waals surface area contributed by atoms with Gasteiger partial charge in [0.1, 0.15) is 9.13 Å². The fourth-order valence-corrected chi connectivity index (χ4v) is 8.08. The van der Waals surface area contributed by atoms with Crippen molar-refractivity contribution in [2.24, 2.45) is 10.8 Å². The molecule has 3 atom stereocenters. The lowest BCUT2D eigenvalue weighted by atomic mass is 9.65. The number of rotatable bonds is 17. The normalized spacial score (nSPS) is 15.5. The van der Waals surface area contributed by atoms with Gasteiger partial charge in [0.25, 0.3) is 0 Å². The third-order valence-corrected chi connectivity index (χ3v) is 10.4. The zero-order valence-electron chi connectivity index (χ0n) is 27.3. The van der Waals surface area contributed by atoms with E-state index in [0.717, 1.165) is 6.42 Å². The highest BCUT2D eigenvalue weighted by Gasteiger charge is 2.52. The van der Waals surface area contributed by atoms with Gasteiger partial charge in [0.2, 0.25) is 5.78 Å². The Bertz CT molecular complexity index is 1070. The molecule has 3 N–H and O–H groups in total. The number of benzene rings is 1. The second-order valence-electron chi connectivity index (χ2n) is 13.1. The van der Waals surface area contributed by atoms with Crippen molar-refractivity contribution in [2.75, 3.05) is 12.4 Å². The highest BCUT2D eigenvalue weighted by Crippen LogP contribution is 2.50. The molecule has 0 saturated carbocycles. The quantitative estimate of drug-likeness (QED) is 0.123. The van der Waals surface area contributed by atoms with Crippen LogP contribution >= 0.6 is 35.7 Å². The molecule has 0 aliphatic carbocycles. The van der Waals surface area contributed by atoms with Crippen LogP contribution in [0, 0.1) is 10.8 Å². The number of amides is 1. The van der Waals surface area contributed by atoms with Crippen molar-refractivity contribution in [3.05, 3.63) is 35.9 Å².